The minimum Gasteiger partial charge on any atom is -0.385 e. The van der Waals surface area contributed by atoms with Crippen molar-refractivity contribution in [3.05, 3.63) is 29.3 Å². The molecule has 2 N–H and O–H groups in total. The number of rotatable bonds is 6. The fourth-order valence-electron chi connectivity index (χ4n) is 1.44. The lowest BCUT2D eigenvalue weighted by Crippen LogP contribution is -2.09. The summed E-state index contributed by atoms with van der Waals surface area (Å²) in [6, 6.07) is 4.25. The maximum atomic E-state index is 12.9. The Hall–Kier alpha value is -0.720. The van der Waals surface area contributed by atoms with Gasteiger partial charge in [0, 0.05) is 30.9 Å². The van der Waals surface area contributed by atoms with E-state index in [0.29, 0.717) is 17.9 Å². The van der Waals surface area contributed by atoms with Gasteiger partial charge in [0.25, 0.3) is 0 Å². The summed E-state index contributed by atoms with van der Waals surface area (Å²) < 4.78 is 43.4. The van der Waals surface area contributed by atoms with Crippen LogP contribution in [0.25, 0.3) is 0 Å². The fraction of sp³-hybridized carbons (Fsp3) is 0.500. The van der Waals surface area contributed by atoms with E-state index in [0.717, 1.165) is 12.5 Å². The molecule has 0 unspecified atom stereocenters. The number of alkyl halides is 3. The molecule has 0 amide bonds. The number of ether oxygens (including phenoxy) is 1. The van der Waals surface area contributed by atoms with Gasteiger partial charge in [-0.15, -0.1) is 11.8 Å². The molecular weight excluding hydrogens is 263 g/mol. The van der Waals surface area contributed by atoms with E-state index in [1.807, 2.05) is 0 Å². The first-order chi connectivity index (χ1) is 8.49. The van der Waals surface area contributed by atoms with Crippen LogP contribution in [0, 0.1) is 0 Å². The minimum atomic E-state index is -4.34. The third-order valence-corrected chi connectivity index (χ3v) is 3.50. The molecule has 0 saturated heterocycles. The quantitative estimate of drug-likeness (QED) is 0.641. The molecule has 0 saturated carbocycles. The van der Waals surface area contributed by atoms with Crippen LogP contribution in [0.1, 0.15) is 17.5 Å². The highest BCUT2D eigenvalue weighted by Gasteiger charge is 2.33. The van der Waals surface area contributed by atoms with Crippen molar-refractivity contribution in [1.29, 1.82) is 0 Å². The van der Waals surface area contributed by atoms with Crippen molar-refractivity contribution >= 4 is 11.8 Å². The SMILES string of the molecule is COCCCSc1ccc(CN)cc1C(F)(F)F. The largest absolute Gasteiger partial charge is 0.417 e. The Morgan fingerprint density at radius 3 is 2.61 bits per heavy atom. The van der Waals surface area contributed by atoms with Crippen LogP contribution in [0.5, 0.6) is 0 Å². The molecule has 0 aliphatic carbocycles. The standard InChI is InChI=1S/C12H16F3NOS/c1-17-5-2-6-18-11-4-3-9(8-16)7-10(11)12(13,14)15/h3-4,7H,2,5-6,8,16H2,1H3. The van der Waals surface area contributed by atoms with Crippen molar-refractivity contribution in [3.63, 3.8) is 0 Å². The van der Waals surface area contributed by atoms with Gasteiger partial charge in [0.2, 0.25) is 0 Å². The molecule has 0 spiro atoms. The van der Waals surface area contributed by atoms with Crippen LogP contribution >= 0.6 is 11.8 Å². The predicted molar refractivity (Wildman–Crippen MR) is 66.6 cm³/mol. The van der Waals surface area contributed by atoms with E-state index in [-0.39, 0.29) is 11.4 Å². The highest BCUT2D eigenvalue weighted by Crippen LogP contribution is 2.37. The number of halogens is 3. The zero-order valence-corrected chi connectivity index (χ0v) is 10.9. The fourth-order valence-corrected chi connectivity index (χ4v) is 2.41. The Labute approximate surface area is 109 Å². The molecule has 0 radical (unpaired) electrons. The maximum Gasteiger partial charge on any atom is 0.417 e. The van der Waals surface area contributed by atoms with Gasteiger partial charge >= 0.3 is 6.18 Å². The van der Waals surface area contributed by atoms with Crippen LogP contribution in [-0.4, -0.2) is 19.5 Å². The molecule has 0 aromatic heterocycles. The average molecular weight is 279 g/mol. The monoisotopic (exact) mass is 279 g/mol. The summed E-state index contributed by atoms with van der Waals surface area (Å²) in [6.45, 7) is 0.660. The summed E-state index contributed by atoms with van der Waals surface area (Å²) in [6.07, 6.45) is -3.62. The number of hydrogen-bond acceptors (Lipinski definition) is 3. The van der Waals surface area contributed by atoms with Crippen molar-refractivity contribution < 1.29 is 17.9 Å². The van der Waals surface area contributed by atoms with Gasteiger partial charge in [-0.1, -0.05) is 6.07 Å². The third kappa shape index (κ3) is 4.51. The van der Waals surface area contributed by atoms with Crippen LogP contribution in [0.15, 0.2) is 23.1 Å². The predicted octanol–water partition coefficient (Wildman–Crippen LogP) is 3.29. The molecular formula is C12H16F3NOS. The van der Waals surface area contributed by atoms with Crippen molar-refractivity contribution in [2.45, 2.75) is 24.0 Å². The molecule has 1 aromatic carbocycles. The minimum absolute atomic E-state index is 0.109. The van der Waals surface area contributed by atoms with Crippen LogP contribution in [0.3, 0.4) is 0 Å². The summed E-state index contributed by atoms with van der Waals surface area (Å²) in [7, 11) is 1.57. The van der Waals surface area contributed by atoms with Crippen molar-refractivity contribution in [2.75, 3.05) is 19.5 Å². The van der Waals surface area contributed by atoms with Gasteiger partial charge in [0.15, 0.2) is 0 Å². The van der Waals surface area contributed by atoms with Crippen molar-refractivity contribution in [2.24, 2.45) is 5.73 Å². The van der Waals surface area contributed by atoms with Gasteiger partial charge < -0.3 is 10.5 Å². The molecule has 2 nitrogen and oxygen atoms in total. The summed E-state index contributed by atoms with van der Waals surface area (Å²) in [5, 5.41) is 0. The molecule has 0 aliphatic heterocycles. The molecule has 1 rings (SSSR count). The normalized spacial score (nSPS) is 11.8. The molecule has 1 aromatic rings. The molecule has 6 heteroatoms. The molecule has 0 bridgehead atoms. The highest BCUT2D eigenvalue weighted by atomic mass is 32.2. The topological polar surface area (TPSA) is 35.2 Å². The molecule has 0 fully saturated rings. The molecule has 0 heterocycles. The van der Waals surface area contributed by atoms with E-state index in [4.69, 9.17) is 10.5 Å². The number of benzene rings is 1. The number of methoxy groups -OCH3 is 1. The highest BCUT2D eigenvalue weighted by molar-refractivity contribution is 7.99. The Morgan fingerprint density at radius 2 is 2.06 bits per heavy atom. The van der Waals surface area contributed by atoms with E-state index in [1.165, 1.54) is 17.8 Å². The molecule has 102 valence electrons. The Balaban J connectivity index is 2.82. The van der Waals surface area contributed by atoms with Gasteiger partial charge in [-0.25, -0.2) is 0 Å². The van der Waals surface area contributed by atoms with Crippen molar-refractivity contribution in [1.82, 2.24) is 0 Å². The first-order valence-corrected chi connectivity index (χ1v) is 6.49. The van der Waals surface area contributed by atoms with Crippen molar-refractivity contribution in [3.8, 4) is 0 Å². The lowest BCUT2D eigenvalue weighted by atomic mass is 10.1. The third-order valence-electron chi connectivity index (χ3n) is 2.34. The average Bonchev–Trinajstić information content (AvgIpc) is 2.33. The van der Waals surface area contributed by atoms with E-state index in [1.54, 1.807) is 13.2 Å². The zero-order chi connectivity index (χ0) is 13.6. The second kappa shape index (κ2) is 7.01. The molecule has 0 atom stereocenters. The number of hydrogen-bond donors (Lipinski definition) is 1. The molecule has 18 heavy (non-hydrogen) atoms. The van der Waals surface area contributed by atoms with E-state index in [9.17, 15) is 13.2 Å². The first kappa shape index (κ1) is 15.3. The summed E-state index contributed by atoms with van der Waals surface area (Å²) in [5.74, 6) is 0.596. The van der Waals surface area contributed by atoms with E-state index in [2.05, 4.69) is 0 Å². The Kier molecular flexibility index (Phi) is 5.98. The van der Waals surface area contributed by atoms with E-state index < -0.39 is 11.7 Å². The van der Waals surface area contributed by atoms with Gasteiger partial charge in [-0.2, -0.15) is 13.2 Å². The van der Waals surface area contributed by atoms with Gasteiger partial charge in [-0.05, 0) is 24.1 Å². The van der Waals surface area contributed by atoms with Gasteiger partial charge in [0.05, 0.1) is 5.56 Å². The maximum absolute atomic E-state index is 12.9. The Bertz CT molecular complexity index is 382. The molecule has 0 aliphatic rings. The van der Waals surface area contributed by atoms with Crippen LogP contribution < -0.4 is 5.73 Å². The van der Waals surface area contributed by atoms with Crippen LogP contribution in [-0.2, 0) is 17.5 Å². The second-order valence-corrected chi connectivity index (χ2v) is 4.86. The van der Waals surface area contributed by atoms with Crippen LogP contribution in [0.4, 0.5) is 13.2 Å². The summed E-state index contributed by atoms with van der Waals surface area (Å²) in [5.41, 5.74) is 5.25. The Morgan fingerprint density at radius 1 is 1.33 bits per heavy atom. The van der Waals surface area contributed by atoms with Crippen LogP contribution in [0.2, 0.25) is 0 Å². The summed E-state index contributed by atoms with van der Waals surface area (Å²) >= 11 is 1.19. The number of nitrogens with two attached hydrogens (primary N) is 1. The lowest BCUT2D eigenvalue weighted by molar-refractivity contribution is -0.139. The van der Waals surface area contributed by atoms with Gasteiger partial charge in [-0.3, -0.25) is 0 Å². The summed E-state index contributed by atoms with van der Waals surface area (Å²) in [4.78, 5) is 0.246. The second-order valence-electron chi connectivity index (χ2n) is 3.73. The van der Waals surface area contributed by atoms with E-state index >= 15 is 0 Å². The first-order valence-electron chi connectivity index (χ1n) is 5.51. The number of thioether (sulfide) groups is 1. The smallest absolute Gasteiger partial charge is 0.385 e. The lowest BCUT2D eigenvalue weighted by Gasteiger charge is -2.13. The van der Waals surface area contributed by atoms with Gasteiger partial charge in [0.1, 0.15) is 0 Å². The zero-order valence-electron chi connectivity index (χ0n) is 10.1.